The normalized spacial score (nSPS) is 18.0. The summed E-state index contributed by atoms with van der Waals surface area (Å²) in [5.74, 6) is -1.79. The Balaban J connectivity index is 1.27. The van der Waals surface area contributed by atoms with Gasteiger partial charge < -0.3 is 20.1 Å². The number of carbonyl (C=O) groups is 2. The van der Waals surface area contributed by atoms with E-state index < -0.39 is 35.2 Å². The monoisotopic (exact) mass is 593 g/mol. The van der Waals surface area contributed by atoms with Crippen molar-refractivity contribution in [3.8, 4) is 11.1 Å². The largest absolute Gasteiger partial charge is 0.368 e. The van der Waals surface area contributed by atoms with Crippen molar-refractivity contribution >= 4 is 28.5 Å². The van der Waals surface area contributed by atoms with Gasteiger partial charge in [-0.05, 0) is 69.4 Å². The van der Waals surface area contributed by atoms with Crippen LogP contribution >= 0.6 is 0 Å². The molecule has 2 N–H and O–H groups in total. The highest BCUT2D eigenvalue weighted by Crippen LogP contribution is 2.37. The first-order valence-electron chi connectivity index (χ1n) is 14.1. The molecule has 1 unspecified atom stereocenters. The maximum Gasteiger partial charge on any atom is 0.263 e. The Bertz CT molecular complexity index is 1710. The van der Waals surface area contributed by atoms with Crippen LogP contribution in [0.1, 0.15) is 67.5 Å². The van der Waals surface area contributed by atoms with Gasteiger partial charge in [0.15, 0.2) is 11.5 Å². The van der Waals surface area contributed by atoms with Crippen LogP contribution in [0.15, 0.2) is 41.2 Å². The molecule has 0 radical (unpaired) electrons. The molecule has 10 nitrogen and oxygen atoms in total. The van der Waals surface area contributed by atoms with Crippen LogP contribution in [0.4, 0.5) is 19.0 Å². The van der Waals surface area contributed by atoms with Crippen LogP contribution in [-0.4, -0.2) is 62.5 Å². The Morgan fingerprint density at radius 3 is 2.47 bits per heavy atom. The van der Waals surface area contributed by atoms with Crippen LogP contribution in [0.3, 0.4) is 0 Å². The van der Waals surface area contributed by atoms with Crippen molar-refractivity contribution in [2.24, 2.45) is 5.73 Å². The Morgan fingerprint density at radius 2 is 1.79 bits per heavy atom. The summed E-state index contributed by atoms with van der Waals surface area (Å²) < 4.78 is 50.0. The summed E-state index contributed by atoms with van der Waals surface area (Å²) in [4.78, 5) is 41.0. The molecule has 2 aromatic carbocycles. The molecule has 2 amide bonds. The zero-order valence-electron chi connectivity index (χ0n) is 23.7. The van der Waals surface area contributed by atoms with Gasteiger partial charge in [-0.25, -0.2) is 23.1 Å². The molecule has 2 aromatic heterocycles. The molecular formula is C30H30F3N7O3. The van der Waals surface area contributed by atoms with Crippen molar-refractivity contribution in [3.63, 3.8) is 0 Å². The summed E-state index contributed by atoms with van der Waals surface area (Å²) in [7, 11) is 0. The molecule has 0 saturated carbocycles. The maximum atomic E-state index is 15.3. The predicted octanol–water partition coefficient (Wildman–Crippen LogP) is 4.64. The third-order valence-corrected chi connectivity index (χ3v) is 8.18. The number of alkyl halides is 1. The molecule has 224 valence electrons. The number of benzene rings is 2. The fourth-order valence-corrected chi connectivity index (χ4v) is 5.90. The van der Waals surface area contributed by atoms with Gasteiger partial charge in [0.05, 0.1) is 16.5 Å². The Kier molecular flexibility index (Phi) is 7.26. The Morgan fingerprint density at radius 1 is 1.02 bits per heavy atom. The molecule has 1 atom stereocenters. The molecule has 43 heavy (non-hydrogen) atoms. The van der Waals surface area contributed by atoms with E-state index in [1.807, 2.05) is 4.90 Å². The zero-order valence-corrected chi connectivity index (χ0v) is 23.7. The van der Waals surface area contributed by atoms with Gasteiger partial charge >= 0.3 is 0 Å². The fourth-order valence-electron chi connectivity index (χ4n) is 5.90. The number of hydrogen-bond acceptors (Lipinski definition) is 8. The minimum Gasteiger partial charge on any atom is -0.368 e. The van der Waals surface area contributed by atoms with Crippen molar-refractivity contribution < 1.29 is 27.3 Å². The SMILES string of the molecule is CC(C)(F)c1nc(C2CCN(c3ncnc4c(-c5ccc(C(=O)N6CCCC6C(N)=O)c(F)c5)ccc(F)c34)CC2)no1. The minimum absolute atomic E-state index is 0.0485. The summed E-state index contributed by atoms with van der Waals surface area (Å²) in [6.45, 7) is 4.05. The second-order valence-corrected chi connectivity index (χ2v) is 11.5. The molecule has 0 spiro atoms. The summed E-state index contributed by atoms with van der Waals surface area (Å²) >= 11 is 0. The van der Waals surface area contributed by atoms with E-state index in [2.05, 4.69) is 20.1 Å². The van der Waals surface area contributed by atoms with E-state index >= 15 is 8.78 Å². The fraction of sp³-hybridized carbons (Fsp3) is 0.400. The molecule has 2 fully saturated rings. The number of carbonyl (C=O) groups excluding carboxylic acids is 2. The maximum absolute atomic E-state index is 15.3. The van der Waals surface area contributed by atoms with Crippen molar-refractivity contribution in [1.29, 1.82) is 0 Å². The topological polar surface area (TPSA) is 131 Å². The average Bonchev–Trinajstić information content (AvgIpc) is 3.68. The quantitative estimate of drug-likeness (QED) is 0.342. The second kappa shape index (κ2) is 10.9. The van der Waals surface area contributed by atoms with Gasteiger partial charge in [-0.15, -0.1) is 0 Å². The summed E-state index contributed by atoms with van der Waals surface area (Å²) in [6.07, 6.45) is 3.63. The highest BCUT2D eigenvalue weighted by Gasteiger charge is 2.35. The third kappa shape index (κ3) is 5.28. The van der Waals surface area contributed by atoms with Gasteiger partial charge in [0, 0.05) is 31.1 Å². The Hall–Kier alpha value is -4.55. The van der Waals surface area contributed by atoms with Gasteiger partial charge in [-0.3, -0.25) is 9.59 Å². The number of primary amides is 1. The molecule has 4 heterocycles. The molecule has 2 aliphatic rings. The van der Waals surface area contributed by atoms with Crippen LogP contribution in [0.5, 0.6) is 0 Å². The third-order valence-electron chi connectivity index (χ3n) is 8.18. The molecule has 2 saturated heterocycles. The van der Waals surface area contributed by atoms with Gasteiger partial charge in [-0.1, -0.05) is 11.2 Å². The number of rotatable bonds is 6. The van der Waals surface area contributed by atoms with Gasteiger partial charge in [0.2, 0.25) is 5.91 Å². The number of hydrogen-bond donors (Lipinski definition) is 1. The standard InChI is InChI=1S/C30H30F3N7O3/c1-30(2,33)29-37-26(38-43-29)16-9-12-39(13-10-16)27-23-20(31)8-7-18(24(23)35-15-36-27)17-5-6-19(21(32)14-17)28(42)40-11-3-4-22(40)25(34)41/h5-8,14-16,22H,3-4,9-13H2,1-2H3,(H2,34,41). The first kappa shape index (κ1) is 28.6. The van der Waals surface area contributed by atoms with Crippen LogP contribution in [-0.2, 0) is 10.5 Å². The van der Waals surface area contributed by atoms with Crippen molar-refractivity contribution in [3.05, 3.63) is 65.6 Å². The number of amides is 2. The lowest BCUT2D eigenvalue weighted by molar-refractivity contribution is -0.121. The lowest BCUT2D eigenvalue weighted by Gasteiger charge is -2.32. The summed E-state index contributed by atoms with van der Waals surface area (Å²) in [5, 5.41) is 4.16. The van der Waals surface area contributed by atoms with Gasteiger partial charge in [0.25, 0.3) is 11.8 Å². The van der Waals surface area contributed by atoms with E-state index in [0.29, 0.717) is 73.6 Å². The van der Waals surface area contributed by atoms with Gasteiger partial charge in [-0.2, -0.15) is 4.98 Å². The number of aromatic nitrogens is 4. The number of likely N-dealkylation sites (tertiary alicyclic amines) is 1. The molecule has 0 aliphatic carbocycles. The van der Waals surface area contributed by atoms with E-state index in [9.17, 15) is 14.0 Å². The van der Waals surface area contributed by atoms with Crippen molar-refractivity contribution in [2.75, 3.05) is 24.5 Å². The Labute approximate surface area is 245 Å². The van der Waals surface area contributed by atoms with Gasteiger partial charge in [0.1, 0.15) is 29.8 Å². The summed E-state index contributed by atoms with van der Waals surface area (Å²) in [5.41, 5.74) is 4.69. The number of nitrogens with zero attached hydrogens (tertiary/aromatic N) is 6. The lowest BCUT2D eigenvalue weighted by Crippen LogP contribution is -2.43. The number of anilines is 1. The van der Waals surface area contributed by atoms with E-state index in [1.165, 1.54) is 49.3 Å². The average molecular weight is 594 g/mol. The number of fused-ring (bicyclic) bond motifs is 1. The molecule has 4 aromatic rings. The number of piperidine rings is 1. The zero-order chi connectivity index (χ0) is 30.5. The van der Waals surface area contributed by atoms with Crippen LogP contribution in [0.2, 0.25) is 0 Å². The van der Waals surface area contributed by atoms with Crippen molar-refractivity contribution in [2.45, 2.75) is 57.2 Å². The van der Waals surface area contributed by atoms with E-state index in [-0.39, 0.29) is 22.8 Å². The molecule has 13 heteroatoms. The van der Waals surface area contributed by atoms with Crippen molar-refractivity contribution in [1.82, 2.24) is 25.0 Å². The minimum atomic E-state index is -1.73. The summed E-state index contributed by atoms with van der Waals surface area (Å²) in [6, 6.07) is 6.18. The lowest BCUT2D eigenvalue weighted by atomic mass is 9.95. The first-order chi connectivity index (χ1) is 20.5. The highest BCUT2D eigenvalue weighted by molar-refractivity contribution is 6.01. The number of nitrogens with two attached hydrogens (primary N) is 1. The van der Waals surface area contributed by atoms with Crippen LogP contribution in [0.25, 0.3) is 22.0 Å². The van der Waals surface area contributed by atoms with E-state index in [0.717, 1.165) is 0 Å². The smallest absolute Gasteiger partial charge is 0.263 e. The number of halogens is 3. The van der Waals surface area contributed by atoms with Crippen LogP contribution in [0, 0.1) is 11.6 Å². The highest BCUT2D eigenvalue weighted by atomic mass is 19.1. The molecule has 0 bridgehead atoms. The van der Waals surface area contributed by atoms with E-state index in [1.54, 1.807) is 6.07 Å². The molecule has 2 aliphatic heterocycles. The molecular weight excluding hydrogens is 563 g/mol. The first-order valence-corrected chi connectivity index (χ1v) is 14.1. The molecule has 6 rings (SSSR count). The van der Waals surface area contributed by atoms with E-state index in [4.69, 9.17) is 10.3 Å². The second-order valence-electron chi connectivity index (χ2n) is 11.5. The van der Waals surface area contributed by atoms with Crippen LogP contribution < -0.4 is 10.6 Å². The predicted molar refractivity (Wildman–Crippen MR) is 151 cm³/mol.